The Bertz CT molecular complexity index is 867. The van der Waals surface area contributed by atoms with Gasteiger partial charge in [0.15, 0.2) is 0 Å². The van der Waals surface area contributed by atoms with Gasteiger partial charge in [0.05, 0.1) is 0 Å². The van der Waals surface area contributed by atoms with Crippen LogP contribution in [0.5, 0.6) is 0 Å². The fourth-order valence-electron chi connectivity index (χ4n) is 3.44. The van der Waals surface area contributed by atoms with Crippen molar-refractivity contribution in [2.75, 3.05) is 11.4 Å². The maximum absolute atomic E-state index is 3.41. The molecule has 0 amide bonds. The Morgan fingerprint density at radius 1 is 0.759 bits per heavy atom. The zero-order valence-corrected chi connectivity index (χ0v) is 17.8. The second kappa shape index (κ2) is 9.76. The van der Waals surface area contributed by atoms with Gasteiger partial charge in [0.2, 0.25) is 6.67 Å². The Morgan fingerprint density at radius 2 is 1.38 bits per heavy atom. The largest absolute Gasteiger partial charge is 0.346 e. The van der Waals surface area contributed by atoms with Crippen molar-refractivity contribution in [2.24, 2.45) is 0 Å². The highest BCUT2D eigenvalue weighted by atomic mass is 31.1. The Balaban J connectivity index is 1.47. The van der Waals surface area contributed by atoms with Crippen molar-refractivity contribution >= 4 is 24.2 Å². The number of benzene rings is 3. The quantitative estimate of drug-likeness (QED) is 0.449. The molecule has 3 aromatic carbocycles. The summed E-state index contributed by atoms with van der Waals surface area (Å²) >= 11 is 0. The monoisotopic (exact) mass is 398 g/mol. The van der Waals surface area contributed by atoms with Crippen LogP contribution in [0.3, 0.4) is 0 Å². The van der Waals surface area contributed by atoms with Crippen LogP contribution < -0.4 is 15.5 Å². The molecule has 29 heavy (non-hydrogen) atoms. The average molecular weight is 398 g/mol. The van der Waals surface area contributed by atoms with Crippen LogP contribution in [0.25, 0.3) is 0 Å². The minimum atomic E-state index is -0.413. The van der Waals surface area contributed by atoms with Gasteiger partial charge in [0, 0.05) is 30.8 Å². The first-order valence-electron chi connectivity index (χ1n) is 10.3. The van der Waals surface area contributed by atoms with Gasteiger partial charge in [0.1, 0.15) is 0 Å². The third kappa shape index (κ3) is 5.08. The van der Waals surface area contributed by atoms with Crippen molar-refractivity contribution in [1.29, 1.82) is 0 Å². The summed E-state index contributed by atoms with van der Waals surface area (Å²) in [5, 5.41) is 2.85. The molecule has 3 heteroatoms. The summed E-state index contributed by atoms with van der Waals surface area (Å²) in [6.07, 6.45) is 7.63. The summed E-state index contributed by atoms with van der Waals surface area (Å²) < 4.78 is 0. The molecule has 0 atom stereocenters. The zero-order valence-electron chi connectivity index (χ0n) is 16.9. The number of unbranched alkanes of at least 4 members (excludes halogenated alkanes) is 1. The van der Waals surface area contributed by atoms with Gasteiger partial charge in [-0.3, -0.25) is 0 Å². The molecule has 146 valence electrons. The molecular weight excluding hydrogens is 371 g/mol. The highest BCUT2D eigenvalue weighted by Crippen LogP contribution is 2.38. The summed E-state index contributed by atoms with van der Waals surface area (Å²) in [4.78, 5) is 4.22. The molecule has 0 unspecified atom stereocenters. The number of nitrogens with zero attached hydrogens (tertiary/aromatic N) is 2. The number of anilines is 1. The first-order chi connectivity index (χ1) is 14.3. The maximum Gasteiger partial charge on any atom is 0.212 e. The summed E-state index contributed by atoms with van der Waals surface area (Å²) in [6, 6.07) is 30.8. The maximum atomic E-state index is 3.41. The normalized spacial score (nSPS) is 13.4. The second-order valence-electron chi connectivity index (χ2n) is 7.24. The molecule has 0 fully saturated rings. The second-order valence-corrected chi connectivity index (χ2v) is 9.44. The van der Waals surface area contributed by atoms with E-state index < -0.39 is 7.92 Å². The lowest BCUT2D eigenvalue weighted by molar-refractivity contribution is 0.452. The van der Waals surface area contributed by atoms with E-state index in [-0.39, 0.29) is 0 Å². The smallest absolute Gasteiger partial charge is 0.212 e. The summed E-state index contributed by atoms with van der Waals surface area (Å²) in [5.41, 5.74) is 2.53. The van der Waals surface area contributed by atoms with Crippen LogP contribution in [-0.2, 0) is 6.16 Å². The van der Waals surface area contributed by atoms with Gasteiger partial charge < -0.3 is 9.80 Å². The molecule has 3 aromatic rings. The number of hydrogen-bond acceptors (Lipinski definition) is 2. The molecule has 0 spiro atoms. The molecule has 2 nitrogen and oxygen atoms in total. The molecule has 1 aliphatic heterocycles. The third-order valence-corrected chi connectivity index (χ3v) is 7.60. The van der Waals surface area contributed by atoms with Crippen LogP contribution in [-0.4, -0.2) is 11.4 Å². The Morgan fingerprint density at radius 3 is 1.97 bits per heavy atom. The van der Waals surface area contributed by atoms with E-state index in [4.69, 9.17) is 0 Å². The Hall–Kier alpha value is -2.57. The molecule has 0 saturated carbocycles. The van der Waals surface area contributed by atoms with Crippen molar-refractivity contribution in [1.82, 2.24) is 4.90 Å². The van der Waals surface area contributed by atoms with Crippen molar-refractivity contribution in [3.8, 4) is 0 Å². The van der Waals surface area contributed by atoms with Crippen LogP contribution in [0.4, 0.5) is 5.69 Å². The molecular formula is C26H27N2P. The first-order valence-corrected chi connectivity index (χ1v) is 11.8. The average Bonchev–Trinajstić information content (AvgIpc) is 3.27. The van der Waals surface area contributed by atoms with Crippen molar-refractivity contribution in [3.05, 3.63) is 110 Å². The topological polar surface area (TPSA) is 6.48 Å². The summed E-state index contributed by atoms with van der Waals surface area (Å²) in [7, 11) is -0.413. The molecule has 0 aliphatic carbocycles. The molecule has 4 rings (SSSR count). The lowest BCUT2D eigenvalue weighted by atomic mass is 10.2. The van der Waals surface area contributed by atoms with Gasteiger partial charge in [-0.05, 0) is 42.6 Å². The van der Waals surface area contributed by atoms with E-state index in [1.54, 1.807) is 0 Å². The molecule has 0 bridgehead atoms. The van der Waals surface area contributed by atoms with E-state index in [2.05, 4.69) is 121 Å². The zero-order chi connectivity index (χ0) is 19.9. The highest BCUT2D eigenvalue weighted by molar-refractivity contribution is 7.72. The van der Waals surface area contributed by atoms with E-state index in [1.807, 2.05) is 0 Å². The lowest BCUT2D eigenvalue weighted by Gasteiger charge is -2.21. The Kier molecular flexibility index (Phi) is 6.64. The molecule has 0 saturated heterocycles. The predicted octanol–water partition coefficient (Wildman–Crippen LogP) is 5.71. The van der Waals surface area contributed by atoms with Crippen molar-refractivity contribution < 1.29 is 0 Å². The van der Waals surface area contributed by atoms with Gasteiger partial charge in [-0.1, -0.05) is 86.1 Å². The van der Waals surface area contributed by atoms with Crippen LogP contribution in [0.2, 0.25) is 0 Å². The summed E-state index contributed by atoms with van der Waals surface area (Å²) in [5.74, 6) is 0. The van der Waals surface area contributed by atoms with E-state index in [0.717, 1.165) is 18.4 Å². The van der Waals surface area contributed by atoms with Crippen LogP contribution in [0.15, 0.2) is 97.3 Å². The standard InChI is InChI=1S/C26H27N2P/c1-2-3-18-27-19-20-28(22-27)24-16-14-23(15-17-24)21-29(25-10-6-4-7-11-25)26-12-8-5-9-13-26/h4-17,19-20H,2-3,18,21H2,1H3. The molecule has 1 aliphatic rings. The van der Waals surface area contributed by atoms with E-state index in [0.29, 0.717) is 0 Å². The van der Waals surface area contributed by atoms with Crippen LogP contribution in [0, 0.1) is 6.67 Å². The van der Waals surface area contributed by atoms with Crippen molar-refractivity contribution in [2.45, 2.75) is 25.9 Å². The van der Waals surface area contributed by atoms with E-state index in [9.17, 15) is 0 Å². The molecule has 0 N–H and O–H groups in total. The van der Waals surface area contributed by atoms with Crippen molar-refractivity contribution in [3.63, 3.8) is 0 Å². The van der Waals surface area contributed by atoms with E-state index in [1.165, 1.54) is 29.0 Å². The fraction of sp³-hybridized carbons (Fsp3) is 0.192. The van der Waals surface area contributed by atoms with Crippen LogP contribution in [0.1, 0.15) is 25.3 Å². The van der Waals surface area contributed by atoms with E-state index >= 15 is 0 Å². The number of rotatable bonds is 8. The molecule has 0 aromatic heterocycles. The summed E-state index contributed by atoms with van der Waals surface area (Å²) in [6.45, 7) is 6.66. The predicted molar refractivity (Wildman–Crippen MR) is 126 cm³/mol. The third-order valence-electron chi connectivity index (χ3n) is 5.08. The highest BCUT2D eigenvalue weighted by Gasteiger charge is 2.17. The van der Waals surface area contributed by atoms with Gasteiger partial charge >= 0.3 is 0 Å². The SMILES string of the molecule is CCCCN1[C]N(c2ccc(CP(c3ccccc3)c3ccccc3)cc2)C=C1. The minimum absolute atomic E-state index is 0.413. The van der Waals surface area contributed by atoms with Gasteiger partial charge in [0.25, 0.3) is 0 Å². The van der Waals surface area contributed by atoms with Gasteiger partial charge in [-0.2, -0.15) is 0 Å². The van der Waals surface area contributed by atoms with Crippen LogP contribution >= 0.6 is 7.92 Å². The fourth-order valence-corrected chi connectivity index (χ4v) is 5.74. The van der Waals surface area contributed by atoms with Gasteiger partial charge in [-0.25, -0.2) is 0 Å². The molecule has 1 heterocycles. The lowest BCUT2D eigenvalue weighted by Crippen LogP contribution is -2.19. The minimum Gasteiger partial charge on any atom is -0.346 e. The van der Waals surface area contributed by atoms with Gasteiger partial charge in [-0.15, -0.1) is 0 Å². The number of hydrogen-bond donors (Lipinski definition) is 0. The Labute approximate surface area is 176 Å². The molecule has 2 radical (unpaired) electrons. The first kappa shape index (κ1) is 19.7.